The number of hydrogen-bond donors (Lipinski definition) is 1. The van der Waals surface area contributed by atoms with E-state index in [4.69, 9.17) is 16.3 Å². The van der Waals surface area contributed by atoms with E-state index >= 15 is 0 Å². The molecule has 2 rings (SSSR count). The monoisotopic (exact) mass is 310 g/mol. The minimum Gasteiger partial charge on any atom is -0.495 e. The summed E-state index contributed by atoms with van der Waals surface area (Å²) in [6.07, 6.45) is 3.85. The molecule has 118 valence electrons. The number of likely N-dealkylation sites (tertiary alicyclic amines) is 1. The minimum atomic E-state index is 0.454. The lowest BCUT2D eigenvalue weighted by molar-refractivity contribution is 0.165. The molecule has 0 radical (unpaired) electrons. The molecule has 0 spiro atoms. The Morgan fingerprint density at radius 3 is 3.00 bits per heavy atom. The number of hydrogen-bond acceptors (Lipinski definition) is 3. The molecule has 0 amide bonds. The zero-order valence-electron chi connectivity index (χ0n) is 13.4. The summed E-state index contributed by atoms with van der Waals surface area (Å²) in [5.74, 6) is 1.43. The zero-order valence-corrected chi connectivity index (χ0v) is 14.1. The van der Waals surface area contributed by atoms with Crippen LogP contribution < -0.4 is 10.1 Å². The minimum absolute atomic E-state index is 0.454. The molecule has 3 nitrogen and oxygen atoms in total. The molecule has 2 atom stereocenters. The molecule has 21 heavy (non-hydrogen) atoms. The molecular formula is C17H27ClN2O. The van der Waals surface area contributed by atoms with Gasteiger partial charge >= 0.3 is 0 Å². The molecule has 1 heterocycles. The zero-order chi connectivity index (χ0) is 15.2. The third-order valence-electron chi connectivity index (χ3n) is 4.33. The number of rotatable bonds is 6. The van der Waals surface area contributed by atoms with Gasteiger partial charge in [-0.15, -0.1) is 0 Å². The Hall–Kier alpha value is -0.930. The third-order valence-corrected chi connectivity index (χ3v) is 4.65. The SMILES string of the molecule is CCCN1CCCC(C(C)Nc2ccc(Cl)c(OC)c2)C1. The molecule has 1 aromatic carbocycles. The van der Waals surface area contributed by atoms with Crippen LogP contribution >= 0.6 is 11.6 Å². The maximum atomic E-state index is 6.08. The summed E-state index contributed by atoms with van der Waals surface area (Å²) in [7, 11) is 1.65. The quantitative estimate of drug-likeness (QED) is 0.849. The van der Waals surface area contributed by atoms with E-state index in [2.05, 4.69) is 24.1 Å². The molecule has 4 heteroatoms. The normalized spacial score (nSPS) is 21.0. The summed E-state index contributed by atoms with van der Waals surface area (Å²) >= 11 is 6.08. The molecule has 1 saturated heterocycles. The first-order valence-corrected chi connectivity index (χ1v) is 8.34. The van der Waals surface area contributed by atoms with Crippen molar-refractivity contribution in [2.24, 2.45) is 5.92 Å². The van der Waals surface area contributed by atoms with Crippen molar-refractivity contribution in [2.45, 2.75) is 39.2 Å². The first kappa shape index (κ1) is 16.4. The van der Waals surface area contributed by atoms with E-state index in [0.717, 1.165) is 11.4 Å². The van der Waals surface area contributed by atoms with Gasteiger partial charge in [-0.2, -0.15) is 0 Å². The molecular weight excluding hydrogens is 284 g/mol. The Bertz CT molecular complexity index is 450. The van der Waals surface area contributed by atoms with Crippen LogP contribution in [-0.2, 0) is 0 Å². The number of ether oxygens (including phenoxy) is 1. The summed E-state index contributed by atoms with van der Waals surface area (Å²) in [6.45, 7) is 8.21. The highest BCUT2D eigenvalue weighted by Crippen LogP contribution is 2.29. The Labute approximate surface area is 133 Å². The van der Waals surface area contributed by atoms with Gasteiger partial charge in [0.2, 0.25) is 0 Å². The Kier molecular flexibility index (Phi) is 6.19. The van der Waals surface area contributed by atoms with Crippen molar-refractivity contribution < 1.29 is 4.74 Å². The average Bonchev–Trinajstić information content (AvgIpc) is 2.50. The molecule has 0 aromatic heterocycles. The lowest BCUT2D eigenvalue weighted by atomic mass is 9.91. The van der Waals surface area contributed by atoms with Crippen molar-refractivity contribution in [2.75, 3.05) is 32.1 Å². The van der Waals surface area contributed by atoms with E-state index in [1.807, 2.05) is 18.2 Å². The van der Waals surface area contributed by atoms with Crippen molar-refractivity contribution in [1.82, 2.24) is 4.90 Å². The van der Waals surface area contributed by atoms with Crippen LogP contribution in [0.1, 0.15) is 33.1 Å². The van der Waals surface area contributed by atoms with Gasteiger partial charge in [-0.05, 0) is 57.3 Å². The standard InChI is InChI=1S/C17H27ClN2O/c1-4-9-20-10-5-6-14(12-20)13(2)19-15-7-8-16(18)17(11-15)21-3/h7-8,11,13-14,19H,4-6,9-10,12H2,1-3H3. The molecule has 0 aliphatic carbocycles. The predicted molar refractivity (Wildman–Crippen MR) is 90.5 cm³/mol. The van der Waals surface area contributed by atoms with E-state index in [0.29, 0.717) is 17.0 Å². The van der Waals surface area contributed by atoms with Crippen molar-refractivity contribution >= 4 is 17.3 Å². The van der Waals surface area contributed by atoms with Crippen LogP contribution in [-0.4, -0.2) is 37.7 Å². The second-order valence-corrected chi connectivity index (χ2v) is 6.39. The van der Waals surface area contributed by atoms with Gasteiger partial charge < -0.3 is 15.0 Å². The maximum Gasteiger partial charge on any atom is 0.139 e. The van der Waals surface area contributed by atoms with Gasteiger partial charge in [0, 0.05) is 24.3 Å². The van der Waals surface area contributed by atoms with Gasteiger partial charge in [-0.3, -0.25) is 0 Å². The highest BCUT2D eigenvalue weighted by Gasteiger charge is 2.24. The van der Waals surface area contributed by atoms with Crippen LogP contribution in [0.3, 0.4) is 0 Å². The van der Waals surface area contributed by atoms with Crippen LogP contribution in [0.4, 0.5) is 5.69 Å². The van der Waals surface area contributed by atoms with Crippen molar-refractivity contribution in [1.29, 1.82) is 0 Å². The highest BCUT2D eigenvalue weighted by atomic mass is 35.5. The first-order valence-electron chi connectivity index (χ1n) is 7.96. The second kappa shape index (κ2) is 7.90. The van der Waals surface area contributed by atoms with Gasteiger partial charge in [0.05, 0.1) is 12.1 Å². The molecule has 0 bridgehead atoms. The number of nitrogens with zero attached hydrogens (tertiary/aromatic N) is 1. The van der Waals surface area contributed by atoms with Crippen LogP contribution in [0.15, 0.2) is 18.2 Å². The molecule has 1 aliphatic heterocycles. The maximum absolute atomic E-state index is 6.08. The topological polar surface area (TPSA) is 24.5 Å². The highest BCUT2D eigenvalue weighted by molar-refractivity contribution is 6.32. The molecule has 1 aromatic rings. The van der Waals surface area contributed by atoms with E-state index in [9.17, 15) is 0 Å². The summed E-state index contributed by atoms with van der Waals surface area (Å²) < 4.78 is 5.28. The molecule has 0 saturated carbocycles. The van der Waals surface area contributed by atoms with Crippen LogP contribution in [0.25, 0.3) is 0 Å². The van der Waals surface area contributed by atoms with Gasteiger partial charge in [-0.1, -0.05) is 18.5 Å². The van der Waals surface area contributed by atoms with Crippen molar-refractivity contribution in [3.05, 3.63) is 23.2 Å². The fourth-order valence-electron chi connectivity index (χ4n) is 3.15. The van der Waals surface area contributed by atoms with Crippen LogP contribution in [0.2, 0.25) is 5.02 Å². The third kappa shape index (κ3) is 4.52. The van der Waals surface area contributed by atoms with Gasteiger partial charge in [0.1, 0.15) is 5.75 Å². The fraction of sp³-hybridized carbons (Fsp3) is 0.647. The lowest BCUT2D eigenvalue weighted by Gasteiger charge is -2.36. The largest absolute Gasteiger partial charge is 0.495 e. The Morgan fingerprint density at radius 2 is 2.29 bits per heavy atom. The Morgan fingerprint density at radius 1 is 1.48 bits per heavy atom. The summed E-state index contributed by atoms with van der Waals surface area (Å²) in [6, 6.07) is 6.34. The number of methoxy groups -OCH3 is 1. The number of halogens is 1. The molecule has 1 aliphatic rings. The molecule has 1 N–H and O–H groups in total. The molecule has 1 fully saturated rings. The van der Waals surface area contributed by atoms with Crippen LogP contribution in [0.5, 0.6) is 5.75 Å². The van der Waals surface area contributed by atoms with Crippen molar-refractivity contribution in [3.63, 3.8) is 0 Å². The van der Waals surface area contributed by atoms with Crippen LogP contribution in [0, 0.1) is 5.92 Å². The fourth-order valence-corrected chi connectivity index (χ4v) is 3.34. The van der Waals surface area contributed by atoms with E-state index in [1.165, 1.54) is 38.9 Å². The van der Waals surface area contributed by atoms with E-state index in [-0.39, 0.29) is 0 Å². The summed E-state index contributed by atoms with van der Waals surface area (Å²) in [5, 5.41) is 4.27. The summed E-state index contributed by atoms with van der Waals surface area (Å²) in [5.41, 5.74) is 1.08. The molecule has 2 unspecified atom stereocenters. The predicted octanol–water partition coefficient (Wildman–Crippen LogP) is 4.27. The smallest absolute Gasteiger partial charge is 0.139 e. The number of benzene rings is 1. The van der Waals surface area contributed by atoms with E-state index < -0.39 is 0 Å². The van der Waals surface area contributed by atoms with Gasteiger partial charge in [0.25, 0.3) is 0 Å². The average molecular weight is 311 g/mol. The number of piperidine rings is 1. The number of nitrogens with one attached hydrogen (secondary N) is 1. The van der Waals surface area contributed by atoms with E-state index in [1.54, 1.807) is 7.11 Å². The first-order chi connectivity index (χ1) is 10.1. The lowest BCUT2D eigenvalue weighted by Crippen LogP contribution is -2.42. The van der Waals surface area contributed by atoms with Gasteiger partial charge in [0.15, 0.2) is 0 Å². The Balaban J connectivity index is 1.95. The number of anilines is 1. The van der Waals surface area contributed by atoms with Gasteiger partial charge in [-0.25, -0.2) is 0 Å². The summed E-state index contributed by atoms with van der Waals surface area (Å²) in [4.78, 5) is 2.59. The second-order valence-electron chi connectivity index (χ2n) is 5.99. The van der Waals surface area contributed by atoms with Crippen molar-refractivity contribution in [3.8, 4) is 5.75 Å².